The molecule has 0 unspecified atom stereocenters. The minimum Gasteiger partial charge on any atom is -0.494 e. The van der Waals surface area contributed by atoms with Gasteiger partial charge in [-0.2, -0.15) is 9.78 Å². The van der Waals surface area contributed by atoms with Gasteiger partial charge in [-0.1, -0.05) is 49.7 Å². The fourth-order valence-corrected chi connectivity index (χ4v) is 4.87. The molecule has 0 fully saturated rings. The lowest BCUT2D eigenvalue weighted by atomic mass is 9.96. The number of hydrogen-bond donors (Lipinski definition) is 0. The molecule has 5 aromatic rings. The number of ether oxygens (including phenoxy) is 2. The van der Waals surface area contributed by atoms with Crippen molar-refractivity contribution in [2.24, 2.45) is 5.10 Å². The Morgan fingerprint density at radius 2 is 1.76 bits per heavy atom. The van der Waals surface area contributed by atoms with Crippen LogP contribution in [-0.2, 0) is 6.61 Å². The first-order chi connectivity index (χ1) is 20.2. The Kier molecular flexibility index (Phi) is 8.69. The predicted molar refractivity (Wildman–Crippen MR) is 167 cm³/mol. The van der Waals surface area contributed by atoms with Crippen LogP contribution in [0, 0.1) is 12.7 Å². The highest BCUT2D eigenvalue weighted by Crippen LogP contribution is 2.34. The van der Waals surface area contributed by atoms with Gasteiger partial charge in [-0.05, 0) is 91.1 Å². The van der Waals surface area contributed by atoms with Crippen LogP contribution in [-0.4, -0.2) is 22.5 Å². The van der Waals surface area contributed by atoms with E-state index in [-0.39, 0.29) is 23.9 Å². The summed E-state index contributed by atoms with van der Waals surface area (Å²) in [7, 11) is 0. The molecule has 0 aliphatic heterocycles. The molecule has 0 atom stereocenters. The third kappa shape index (κ3) is 6.21. The second-order valence-corrected chi connectivity index (χ2v) is 10.6. The van der Waals surface area contributed by atoms with E-state index >= 15 is 0 Å². The van der Waals surface area contributed by atoms with Crippen molar-refractivity contribution < 1.29 is 13.9 Å². The molecule has 4 aromatic carbocycles. The lowest BCUT2D eigenvalue weighted by Gasteiger charge is -2.18. The monoisotopic (exact) mass is 583 g/mol. The average molecular weight is 584 g/mol. The van der Waals surface area contributed by atoms with E-state index < -0.39 is 0 Å². The highest BCUT2D eigenvalue weighted by atomic mass is 35.5. The summed E-state index contributed by atoms with van der Waals surface area (Å²) in [6.07, 6.45) is 1.54. The van der Waals surface area contributed by atoms with Crippen LogP contribution in [0.25, 0.3) is 22.3 Å². The van der Waals surface area contributed by atoms with Crippen LogP contribution in [0.5, 0.6) is 11.5 Å². The first-order valence-electron chi connectivity index (χ1n) is 13.8. The number of fused-ring (bicyclic) bond motifs is 1. The van der Waals surface area contributed by atoms with Gasteiger partial charge in [0, 0.05) is 16.1 Å². The normalized spacial score (nSPS) is 11.5. The van der Waals surface area contributed by atoms with Gasteiger partial charge in [0.05, 0.1) is 23.7 Å². The molecule has 1 heterocycles. The zero-order chi connectivity index (χ0) is 29.8. The zero-order valence-electron chi connectivity index (χ0n) is 23.9. The second-order valence-electron chi connectivity index (χ2n) is 10.2. The molecule has 8 heteroatoms. The molecule has 0 spiro atoms. The fourth-order valence-electron chi connectivity index (χ4n) is 4.69. The minimum absolute atomic E-state index is 0.183. The highest BCUT2D eigenvalue weighted by molar-refractivity contribution is 6.30. The van der Waals surface area contributed by atoms with E-state index in [1.54, 1.807) is 48.7 Å². The maximum absolute atomic E-state index is 13.8. The number of nitrogens with zero attached hydrogens (tertiary/aromatic N) is 3. The topological polar surface area (TPSA) is 65.7 Å². The smallest absolute Gasteiger partial charge is 0.282 e. The number of halogens is 2. The van der Waals surface area contributed by atoms with E-state index in [1.807, 2.05) is 38.1 Å². The van der Waals surface area contributed by atoms with Gasteiger partial charge in [0.2, 0.25) is 0 Å². The van der Waals surface area contributed by atoms with Crippen molar-refractivity contribution in [2.45, 2.75) is 40.2 Å². The number of para-hydroxylation sites is 1. The van der Waals surface area contributed by atoms with Crippen molar-refractivity contribution >= 4 is 28.7 Å². The lowest BCUT2D eigenvalue weighted by molar-refractivity contribution is 0.305. The Morgan fingerprint density at radius 1 is 1.00 bits per heavy atom. The summed E-state index contributed by atoms with van der Waals surface area (Å²) in [6, 6.07) is 22.5. The van der Waals surface area contributed by atoms with Gasteiger partial charge >= 0.3 is 0 Å². The largest absolute Gasteiger partial charge is 0.494 e. The Morgan fingerprint density at radius 3 is 2.50 bits per heavy atom. The Labute approximate surface area is 249 Å². The van der Waals surface area contributed by atoms with Gasteiger partial charge in [0.1, 0.15) is 23.9 Å². The van der Waals surface area contributed by atoms with Gasteiger partial charge in [0.15, 0.2) is 5.82 Å². The fraction of sp³-hybridized carbons (Fsp3) is 0.206. The summed E-state index contributed by atoms with van der Waals surface area (Å²) in [5.74, 6) is 1.60. The van der Waals surface area contributed by atoms with Crippen molar-refractivity contribution in [3.05, 3.63) is 122 Å². The lowest BCUT2D eigenvalue weighted by Crippen LogP contribution is -2.21. The molecule has 0 saturated heterocycles. The van der Waals surface area contributed by atoms with Crippen LogP contribution in [0.4, 0.5) is 4.39 Å². The Balaban J connectivity index is 1.63. The summed E-state index contributed by atoms with van der Waals surface area (Å²) in [4.78, 5) is 18.7. The maximum Gasteiger partial charge on any atom is 0.282 e. The van der Waals surface area contributed by atoms with Gasteiger partial charge in [-0.3, -0.25) is 4.79 Å². The molecule has 0 bridgehead atoms. The van der Waals surface area contributed by atoms with Crippen LogP contribution in [0.3, 0.4) is 0 Å². The van der Waals surface area contributed by atoms with Gasteiger partial charge in [-0.25, -0.2) is 9.37 Å². The minimum atomic E-state index is -0.313. The number of benzene rings is 4. The van der Waals surface area contributed by atoms with Crippen LogP contribution < -0.4 is 15.0 Å². The third-order valence-electron chi connectivity index (χ3n) is 6.87. The molecule has 0 saturated carbocycles. The molecule has 5 rings (SSSR count). The number of aromatic nitrogens is 2. The SMILES string of the molecule is CCOc1cc(C)c(-c2nc3ccccc3c(=O)n2N=Cc2cc(Cl)ccc2OCc2ccc(F)cc2)cc1C(C)C. The van der Waals surface area contributed by atoms with Crippen LogP contribution in [0.15, 0.2) is 88.8 Å². The molecular weight excluding hydrogens is 553 g/mol. The van der Waals surface area contributed by atoms with E-state index in [2.05, 4.69) is 18.9 Å². The molecule has 0 amide bonds. The number of aryl methyl sites for hydroxylation is 1. The quantitative estimate of drug-likeness (QED) is 0.164. The van der Waals surface area contributed by atoms with Crippen molar-refractivity contribution in [3.8, 4) is 22.9 Å². The molecule has 1 aromatic heterocycles. The van der Waals surface area contributed by atoms with E-state index in [4.69, 9.17) is 26.1 Å². The number of rotatable bonds is 9. The van der Waals surface area contributed by atoms with E-state index in [1.165, 1.54) is 16.8 Å². The highest BCUT2D eigenvalue weighted by Gasteiger charge is 2.19. The van der Waals surface area contributed by atoms with Crippen LogP contribution in [0.1, 0.15) is 48.9 Å². The average Bonchev–Trinajstić information content (AvgIpc) is 2.97. The molecule has 0 aliphatic carbocycles. The first-order valence-corrected chi connectivity index (χ1v) is 14.1. The standard InChI is InChI=1S/C34H31ClFN3O3/c1-5-41-32-16-22(4)29(18-28(32)21(2)3)33-38-30-9-7-6-8-27(30)34(40)39(33)37-19-24-17-25(35)12-15-31(24)42-20-23-10-13-26(36)14-11-23/h6-19,21H,5,20H2,1-4H3. The molecule has 0 aliphatic rings. The zero-order valence-corrected chi connectivity index (χ0v) is 24.7. The maximum atomic E-state index is 13.8. The molecule has 42 heavy (non-hydrogen) atoms. The first kappa shape index (κ1) is 29.0. The van der Waals surface area contributed by atoms with Crippen molar-refractivity contribution in [1.29, 1.82) is 0 Å². The van der Waals surface area contributed by atoms with E-state index in [0.29, 0.717) is 39.7 Å². The van der Waals surface area contributed by atoms with Gasteiger partial charge in [-0.15, -0.1) is 0 Å². The summed E-state index contributed by atoms with van der Waals surface area (Å²) >= 11 is 6.33. The van der Waals surface area contributed by atoms with E-state index in [0.717, 1.165) is 28.0 Å². The molecule has 0 N–H and O–H groups in total. The van der Waals surface area contributed by atoms with Gasteiger partial charge in [0.25, 0.3) is 5.56 Å². The summed E-state index contributed by atoms with van der Waals surface area (Å²) in [5, 5.41) is 5.58. The van der Waals surface area contributed by atoms with Crippen molar-refractivity contribution in [2.75, 3.05) is 6.61 Å². The third-order valence-corrected chi connectivity index (χ3v) is 7.10. The number of hydrogen-bond acceptors (Lipinski definition) is 5. The van der Waals surface area contributed by atoms with Crippen LogP contribution >= 0.6 is 11.6 Å². The van der Waals surface area contributed by atoms with Gasteiger partial charge < -0.3 is 9.47 Å². The summed E-state index contributed by atoms with van der Waals surface area (Å²) < 4.78 is 26.6. The second kappa shape index (κ2) is 12.6. The Bertz CT molecular complexity index is 1830. The summed E-state index contributed by atoms with van der Waals surface area (Å²) in [6.45, 7) is 8.89. The van der Waals surface area contributed by atoms with Crippen molar-refractivity contribution in [3.63, 3.8) is 0 Å². The predicted octanol–water partition coefficient (Wildman–Crippen LogP) is 8.15. The van der Waals surface area contributed by atoms with Crippen molar-refractivity contribution in [1.82, 2.24) is 9.66 Å². The molecule has 0 radical (unpaired) electrons. The summed E-state index contributed by atoms with van der Waals surface area (Å²) in [5.41, 5.74) is 4.35. The molecule has 214 valence electrons. The van der Waals surface area contributed by atoms with E-state index in [9.17, 15) is 9.18 Å². The van der Waals surface area contributed by atoms with Crippen LogP contribution in [0.2, 0.25) is 5.02 Å². The molecule has 6 nitrogen and oxygen atoms in total. The molecular formula is C34H31ClFN3O3. The Hall–Kier alpha value is -4.49.